The van der Waals surface area contributed by atoms with Crippen LogP contribution in [0.15, 0.2) is 59.1 Å². The molecule has 2 aromatic carbocycles. The summed E-state index contributed by atoms with van der Waals surface area (Å²) in [4.78, 5) is 24.4. The Bertz CT molecular complexity index is 1030. The first-order valence-corrected chi connectivity index (χ1v) is 9.25. The lowest BCUT2D eigenvalue weighted by atomic mass is 9.90. The Morgan fingerprint density at radius 3 is 1.89 bits per heavy atom. The molecule has 0 heterocycles. The Morgan fingerprint density at radius 2 is 1.41 bits per heavy atom. The Balaban J connectivity index is 2.29. The van der Waals surface area contributed by atoms with Crippen LogP contribution in [0.1, 0.15) is 25.0 Å². The number of rotatable bonds is 4. The third-order valence-corrected chi connectivity index (χ3v) is 4.89. The molecule has 0 aliphatic heterocycles. The van der Waals surface area contributed by atoms with Gasteiger partial charge in [0, 0.05) is 39.5 Å². The van der Waals surface area contributed by atoms with E-state index in [1.165, 1.54) is 0 Å². The summed E-state index contributed by atoms with van der Waals surface area (Å²) in [6.07, 6.45) is 3.10. The Kier molecular flexibility index (Phi) is 5.33. The van der Waals surface area contributed by atoms with Crippen molar-refractivity contribution < 1.29 is 19.1 Å². The lowest BCUT2D eigenvalue weighted by Crippen LogP contribution is -2.16. The zero-order chi connectivity index (χ0) is 19.7. The second-order valence-corrected chi connectivity index (χ2v) is 7.55. The number of hydrogen-bond acceptors (Lipinski definition) is 4. The first kappa shape index (κ1) is 19.1. The summed E-state index contributed by atoms with van der Waals surface area (Å²) in [5.41, 5.74) is 2.28. The van der Waals surface area contributed by atoms with Gasteiger partial charge in [-0.25, -0.2) is 9.59 Å². The highest BCUT2D eigenvalue weighted by Gasteiger charge is 2.26. The number of halogens is 1. The molecule has 1 aliphatic rings. The molecule has 0 saturated carbocycles. The van der Waals surface area contributed by atoms with Crippen LogP contribution in [0, 0.1) is 0 Å². The molecule has 4 nitrogen and oxygen atoms in total. The van der Waals surface area contributed by atoms with E-state index in [0.717, 1.165) is 15.6 Å². The summed E-state index contributed by atoms with van der Waals surface area (Å²) in [6.45, 7) is 10.5. The van der Waals surface area contributed by atoms with E-state index < -0.39 is 11.9 Å². The molecule has 1 aliphatic carbocycles. The van der Waals surface area contributed by atoms with Gasteiger partial charge in [-0.2, -0.15) is 0 Å². The third kappa shape index (κ3) is 3.74. The average molecular weight is 427 g/mol. The number of hydrogen-bond donors (Lipinski definition) is 0. The molecule has 0 fully saturated rings. The molecule has 0 spiro atoms. The summed E-state index contributed by atoms with van der Waals surface area (Å²) in [5.74, 6) is -0.00360. The van der Waals surface area contributed by atoms with Crippen LogP contribution in [-0.2, 0) is 22.4 Å². The second kappa shape index (κ2) is 7.53. The quantitative estimate of drug-likeness (QED) is 0.383. The molecule has 3 rings (SSSR count). The molecule has 0 bridgehead atoms. The first-order valence-electron chi connectivity index (χ1n) is 8.46. The van der Waals surface area contributed by atoms with Crippen LogP contribution in [0.2, 0.25) is 0 Å². The number of allylic oxidation sites excluding steroid dienone is 2. The van der Waals surface area contributed by atoms with Gasteiger partial charge >= 0.3 is 11.9 Å². The maximum absolute atomic E-state index is 12.2. The van der Waals surface area contributed by atoms with Crippen molar-refractivity contribution in [1.29, 1.82) is 0 Å². The van der Waals surface area contributed by atoms with Crippen LogP contribution in [0.25, 0.3) is 10.8 Å². The van der Waals surface area contributed by atoms with Gasteiger partial charge in [0.2, 0.25) is 0 Å². The minimum Gasteiger partial charge on any atom is -0.422 e. The molecule has 27 heavy (non-hydrogen) atoms. The van der Waals surface area contributed by atoms with Gasteiger partial charge in [-0.05, 0) is 24.8 Å². The number of carbonyl (C=O) groups is 2. The summed E-state index contributed by atoms with van der Waals surface area (Å²) in [5, 5.41) is 1.42. The molecule has 0 radical (unpaired) electrons. The number of carbonyl (C=O) groups excluding carboxylic acids is 2. The van der Waals surface area contributed by atoms with Gasteiger partial charge in [-0.15, -0.1) is 0 Å². The fourth-order valence-electron chi connectivity index (χ4n) is 2.93. The van der Waals surface area contributed by atoms with Gasteiger partial charge in [-0.3, -0.25) is 0 Å². The summed E-state index contributed by atoms with van der Waals surface area (Å²) in [7, 11) is 0. The summed E-state index contributed by atoms with van der Waals surface area (Å²) in [6, 6.07) is 7.40. The SMILES string of the molecule is C=C(C)C(=O)Oc1c2c(c(OC(=O)C(=C)C)c3ccccc13)CC(Br)=CC2. The van der Waals surface area contributed by atoms with E-state index in [1.54, 1.807) is 13.8 Å². The maximum Gasteiger partial charge on any atom is 0.338 e. The van der Waals surface area contributed by atoms with Crippen LogP contribution in [0.3, 0.4) is 0 Å². The standard InChI is InChI=1S/C22H19BrO4/c1-12(2)21(24)26-19-15-7-5-6-8-16(15)20(27-22(25)13(3)4)18-11-14(23)9-10-17(18)19/h5-9H,1,3,10-11H2,2,4H3. The molecule has 2 aromatic rings. The van der Waals surface area contributed by atoms with Gasteiger partial charge in [0.15, 0.2) is 0 Å². The zero-order valence-corrected chi connectivity index (χ0v) is 16.8. The van der Waals surface area contributed by atoms with Crippen molar-refractivity contribution in [3.8, 4) is 11.5 Å². The highest BCUT2D eigenvalue weighted by Crippen LogP contribution is 2.45. The predicted molar refractivity (Wildman–Crippen MR) is 109 cm³/mol. The number of esters is 2. The van der Waals surface area contributed by atoms with Crippen LogP contribution in [0.4, 0.5) is 0 Å². The van der Waals surface area contributed by atoms with E-state index in [2.05, 4.69) is 29.1 Å². The minimum atomic E-state index is -0.486. The van der Waals surface area contributed by atoms with Crippen molar-refractivity contribution in [3.63, 3.8) is 0 Å². The Labute approximate surface area is 166 Å². The normalized spacial score (nSPS) is 12.8. The van der Waals surface area contributed by atoms with Gasteiger partial charge < -0.3 is 9.47 Å². The van der Waals surface area contributed by atoms with E-state index in [0.29, 0.717) is 46.3 Å². The van der Waals surface area contributed by atoms with Crippen molar-refractivity contribution in [2.24, 2.45) is 0 Å². The molecular weight excluding hydrogens is 408 g/mol. The highest BCUT2D eigenvalue weighted by atomic mass is 79.9. The first-order chi connectivity index (χ1) is 12.8. The van der Waals surface area contributed by atoms with Crippen molar-refractivity contribution in [2.75, 3.05) is 0 Å². The predicted octanol–water partition coefficient (Wildman–Crippen LogP) is 5.18. The van der Waals surface area contributed by atoms with Crippen molar-refractivity contribution in [3.05, 3.63) is 70.3 Å². The topological polar surface area (TPSA) is 52.6 Å². The van der Waals surface area contributed by atoms with Crippen molar-refractivity contribution in [2.45, 2.75) is 26.7 Å². The van der Waals surface area contributed by atoms with Crippen LogP contribution < -0.4 is 9.47 Å². The van der Waals surface area contributed by atoms with Crippen molar-refractivity contribution >= 4 is 38.6 Å². The minimum absolute atomic E-state index is 0.316. The fraction of sp³-hybridized carbons (Fsp3) is 0.182. The molecule has 0 aromatic heterocycles. The van der Waals surface area contributed by atoms with E-state index in [9.17, 15) is 9.59 Å². The smallest absolute Gasteiger partial charge is 0.338 e. The lowest BCUT2D eigenvalue weighted by molar-refractivity contribution is -0.131. The highest BCUT2D eigenvalue weighted by molar-refractivity contribution is 9.11. The molecule has 0 saturated heterocycles. The van der Waals surface area contributed by atoms with Crippen LogP contribution in [-0.4, -0.2) is 11.9 Å². The lowest BCUT2D eigenvalue weighted by Gasteiger charge is -2.23. The molecule has 0 unspecified atom stereocenters. The third-order valence-electron chi connectivity index (χ3n) is 4.29. The summed E-state index contributed by atoms with van der Waals surface area (Å²) < 4.78 is 12.4. The fourth-order valence-corrected chi connectivity index (χ4v) is 3.37. The monoisotopic (exact) mass is 426 g/mol. The molecule has 0 amide bonds. The second-order valence-electron chi connectivity index (χ2n) is 6.53. The number of benzene rings is 2. The van der Waals surface area contributed by atoms with E-state index in [4.69, 9.17) is 9.47 Å². The maximum atomic E-state index is 12.2. The largest absolute Gasteiger partial charge is 0.422 e. The molecule has 5 heteroatoms. The van der Waals surface area contributed by atoms with Gasteiger partial charge in [-0.1, -0.05) is 59.4 Å². The van der Waals surface area contributed by atoms with Crippen LogP contribution >= 0.6 is 15.9 Å². The van der Waals surface area contributed by atoms with E-state index in [-0.39, 0.29) is 0 Å². The summed E-state index contributed by atoms with van der Waals surface area (Å²) >= 11 is 3.53. The van der Waals surface area contributed by atoms with Crippen molar-refractivity contribution in [1.82, 2.24) is 0 Å². The van der Waals surface area contributed by atoms with Gasteiger partial charge in [0.1, 0.15) is 11.5 Å². The van der Waals surface area contributed by atoms with E-state index >= 15 is 0 Å². The number of ether oxygens (including phenoxy) is 2. The zero-order valence-electron chi connectivity index (χ0n) is 15.2. The number of fused-ring (bicyclic) bond motifs is 2. The average Bonchev–Trinajstić information content (AvgIpc) is 2.63. The Hall–Kier alpha value is -2.66. The molecule has 138 valence electrons. The molecular formula is C22H19BrO4. The van der Waals surface area contributed by atoms with E-state index in [1.807, 2.05) is 30.3 Å². The van der Waals surface area contributed by atoms with Crippen LogP contribution in [0.5, 0.6) is 11.5 Å². The molecule has 0 N–H and O–H groups in total. The van der Waals surface area contributed by atoms with Gasteiger partial charge in [0.25, 0.3) is 0 Å². The van der Waals surface area contributed by atoms with Gasteiger partial charge in [0.05, 0.1) is 0 Å². The Morgan fingerprint density at radius 1 is 0.926 bits per heavy atom. The molecule has 0 atom stereocenters.